The molecule has 0 spiro atoms. The molecule has 0 fully saturated rings. The number of aryl methyl sites for hydroxylation is 2. The number of carbonyl (C=O) groups excluding carboxylic acids is 2. The van der Waals surface area contributed by atoms with Crippen LogP contribution in [0.15, 0.2) is 36.4 Å². The molecule has 38 heavy (non-hydrogen) atoms. The first kappa shape index (κ1) is 25.1. The lowest BCUT2D eigenvalue weighted by Crippen LogP contribution is -2.16. The second-order valence-electron chi connectivity index (χ2n) is 10.2. The molecule has 2 aliphatic rings. The summed E-state index contributed by atoms with van der Waals surface area (Å²) >= 11 is 2.81. The van der Waals surface area contributed by atoms with Crippen LogP contribution < -0.4 is 11.1 Å². The Kier molecular flexibility index (Phi) is 6.93. The summed E-state index contributed by atoms with van der Waals surface area (Å²) in [6, 6.07) is 12.6. The van der Waals surface area contributed by atoms with Crippen molar-refractivity contribution in [3.63, 3.8) is 0 Å². The normalized spacial score (nSPS) is 17.2. The van der Waals surface area contributed by atoms with Gasteiger partial charge in [-0.05, 0) is 73.6 Å². The van der Waals surface area contributed by atoms with E-state index in [2.05, 4.69) is 35.6 Å². The smallest absolute Gasteiger partial charge is 0.341 e. The molecular weight excluding hydrogens is 514 g/mol. The van der Waals surface area contributed by atoms with E-state index in [4.69, 9.17) is 15.5 Å². The monoisotopic (exact) mass is 545 g/mol. The molecule has 3 N–H and O–H groups in total. The highest BCUT2D eigenvalue weighted by Crippen LogP contribution is 2.43. The molecule has 3 aromatic heterocycles. The van der Waals surface area contributed by atoms with Crippen LogP contribution in [0.25, 0.3) is 10.2 Å². The van der Waals surface area contributed by atoms with Crippen LogP contribution >= 0.6 is 22.7 Å². The molecule has 196 valence electrons. The summed E-state index contributed by atoms with van der Waals surface area (Å²) in [7, 11) is 1.38. The molecule has 8 heteroatoms. The topological polar surface area (TPSA) is 94.3 Å². The molecular formula is C30H31N3O3S2. The van der Waals surface area contributed by atoms with Gasteiger partial charge in [-0.25, -0.2) is 9.78 Å². The van der Waals surface area contributed by atoms with Crippen molar-refractivity contribution < 1.29 is 14.3 Å². The molecule has 1 unspecified atom stereocenters. The van der Waals surface area contributed by atoms with Crippen molar-refractivity contribution in [2.24, 2.45) is 0 Å². The fraction of sp³-hybridized carbons (Fsp3) is 0.367. The van der Waals surface area contributed by atoms with Gasteiger partial charge >= 0.3 is 5.97 Å². The van der Waals surface area contributed by atoms with Crippen LogP contribution in [0.4, 0.5) is 10.7 Å². The van der Waals surface area contributed by atoms with E-state index < -0.39 is 5.97 Å². The van der Waals surface area contributed by atoms with Crippen molar-refractivity contribution in [2.45, 2.75) is 63.7 Å². The minimum atomic E-state index is -0.415. The molecule has 1 aromatic carbocycles. The lowest BCUT2D eigenvalue weighted by molar-refractivity contribution is 0.0601. The van der Waals surface area contributed by atoms with E-state index in [0.717, 1.165) is 71.3 Å². The first-order chi connectivity index (χ1) is 18.5. The van der Waals surface area contributed by atoms with Gasteiger partial charge in [0.2, 0.25) is 0 Å². The minimum Gasteiger partial charge on any atom is -0.465 e. The lowest BCUT2D eigenvalue weighted by Gasteiger charge is -2.22. The number of carbonyl (C=O) groups is 2. The number of pyridine rings is 1. The summed E-state index contributed by atoms with van der Waals surface area (Å²) in [4.78, 5) is 33.7. The van der Waals surface area contributed by atoms with Gasteiger partial charge in [0.15, 0.2) is 0 Å². The highest BCUT2D eigenvalue weighted by atomic mass is 32.1. The lowest BCUT2D eigenvalue weighted by atomic mass is 9.83. The molecule has 0 radical (unpaired) electrons. The number of ether oxygens (including phenoxy) is 1. The number of nitrogens with one attached hydrogen (secondary N) is 1. The molecule has 2 aliphatic carbocycles. The minimum absolute atomic E-state index is 0.304. The number of hydrogen-bond donors (Lipinski definition) is 2. The third kappa shape index (κ3) is 4.60. The van der Waals surface area contributed by atoms with Crippen LogP contribution in [-0.4, -0.2) is 24.0 Å². The Labute approximate surface area is 230 Å². The highest BCUT2D eigenvalue weighted by Gasteiger charge is 2.31. The predicted molar refractivity (Wildman–Crippen MR) is 155 cm³/mol. The number of nitrogens with zero attached hydrogens (tertiary/aromatic N) is 1. The number of thiophene rings is 2. The first-order valence-electron chi connectivity index (χ1n) is 13.3. The van der Waals surface area contributed by atoms with Gasteiger partial charge in [-0.2, -0.15) is 0 Å². The molecule has 0 aliphatic heterocycles. The molecule has 4 aromatic rings. The maximum atomic E-state index is 13.5. The molecule has 0 bridgehead atoms. The van der Waals surface area contributed by atoms with Crippen molar-refractivity contribution in [3.05, 3.63) is 74.1 Å². The standard InChI is InChI=1S/C30H31N3O3S2/c1-36-30(35)24-20-14-13-18(17-9-6-4-7-10-17)16-23(20)37-29(24)33-27(34)26-25(31)21-15-19-11-5-2-3-8-12-22(19)32-28(21)38-26/h4,6-7,9-10,15,18H,2-3,5,8,11-14,16,31H2,1H3,(H,33,34). The Morgan fingerprint density at radius 3 is 2.63 bits per heavy atom. The van der Waals surface area contributed by atoms with Gasteiger partial charge in [0.1, 0.15) is 14.7 Å². The summed E-state index contributed by atoms with van der Waals surface area (Å²) in [5.41, 5.74) is 12.1. The van der Waals surface area contributed by atoms with Crippen LogP contribution in [0.3, 0.4) is 0 Å². The van der Waals surface area contributed by atoms with E-state index in [1.807, 2.05) is 6.07 Å². The predicted octanol–water partition coefficient (Wildman–Crippen LogP) is 6.91. The molecule has 1 atom stereocenters. The molecule has 3 heterocycles. The van der Waals surface area contributed by atoms with Gasteiger partial charge in [-0.15, -0.1) is 22.7 Å². The number of benzene rings is 1. The number of amides is 1. The Morgan fingerprint density at radius 1 is 1.05 bits per heavy atom. The summed E-state index contributed by atoms with van der Waals surface area (Å²) in [5, 5.41) is 4.42. The zero-order valence-corrected chi connectivity index (χ0v) is 23.1. The van der Waals surface area contributed by atoms with E-state index >= 15 is 0 Å². The summed E-state index contributed by atoms with van der Waals surface area (Å²) in [6.07, 6.45) is 9.30. The van der Waals surface area contributed by atoms with Crippen molar-refractivity contribution in [3.8, 4) is 0 Å². The van der Waals surface area contributed by atoms with Crippen molar-refractivity contribution in [2.75, 3.05) is 18.2 Å². The van der Waals surface area contributed by atoms with Gasteiger partial charge in [-0.3, -0.25) is 4.79 Å². The van der Waals surface area contributed by atoms with Gasteiger partial charge in [0.25, 0.3) is 5.91 Å². The van der Waals surface area contributed by atoms with Crippen molar-refractivity contribution >= 4 is 55.5 Å². The fourth-order valence-electron chi connectivity index (χ4n) is 5.84. The number of aromatic nitrogens is 1. The summed E-state index contributed by atoms with van der Waals surface area (Å²) in [6.45, 7) is 0. The quantitative estimate of drug-likeness (QED) is 0.272. The van der Waals surface area contributed by atoms with Crippen LogP contribution in [0.5, 0.6) is 0 Å². The number of methoxy groups -OCH3 is 1. The average Bonchev–Trinajstić information content (AvgIpc) is 3.44. The van der Waals surface area contributed by atoms with E-state index in [1.165, 1.54) is 53.8 Å². The Bertz CT molecular complexity index is 1520. The van der Waals surface area contributed by atoms with E-state index in [9.17, 15) is 9.59 Å². The number of nitrogens with two attached hydrogens (primary N) is 1. The third-order valence-corrected chi connectivity index (χ3v) is 10.1. The van der Waals surface area contributed by atoms with Crippen LogP contribution in [0.1, 0.15) is 85.3 Å². The number of rotatable bonds is 4. The second kappa shape index (κ2) is 10.5. The van der Waals surface area contributed by atoms with Gasteiger partial charge < -0.3 is 15.8 Å². The Hall–Kier alpha value is -3.23. The highest BCUT2D eigenvalue weighted by molar-refractivity contribution is 7.21. The molecule has 6 rings (SSSR count). The number of anilines is 2. The van der Waals surface area contributed by atoms with E-state index in [0.29, 0.717) is 27.0 Å². The van der Waals surface area contributed by atoms with Crippen LogP contribution in [0.2, 0.25) is 0 Å². The van der Waals surface area contributed by atoms with Crippen molar-refractivity contribution in [1.82, 2.24) is 4.98 Å². The maximum Gasteiger partial charge on any atom is 0.341 e. The number of fused-ring (bicyclic) bond motifs is 3. The fourth-order valence-corrected chi connectivity index (χ4v) is 8.15. The van der Waals surface area contributed by atoms with Crippen LogP contribution in [0, 0.1) is 0 Å². The van der Waals surface area contributed by atoms with Gasteiger partial charge in [-0.1, -0.05) is 43.2 Å². The van der Waals surface area contributed by atoms with E-state index in [-0.39, 0.29) is 5.91 Å². The van der Waals surface area contributed by atoms with Crippen LogP contribution in [-0.2, 0) is 30.4 Å². The number of nitrogen functional groups attached to an aromatic ring is 1. The first-order valence-corrected chi connectivity index (χ1v) is 15.0. The Morgan fingerprint density at radius 2 is 1.84 bits per heavy atom. The van der Waals surface area contributed by atoms with Gasteiger partial charge in [0, 0.05) is 16.0 Å². The SMILES string of the molecule is COC(=O)c1c(NC(=O)c2sc3nc4c(cc3c2N)CCCCCC4)sc2c1CCC(c1ccccc1)C2. The third-order valence-electron chi connectivity index (χ3n) is 7.86. The van der Waals surface area contributed by atoms with E-state index in [1.54, 1.807) is 0 Å². The largest absolute Gasteiger partial charge is 0.465 e. The summed E-state index contributed by atoms with van der Waals surface area (Å²) in [5.74, 6) is -0.330. The maximum absolute atomic E-state index is 13.5. The molecule has 1 amide bonds. The molecule has 6 nitrogen and oxygen atoms in total. The number of esters is 1. The zero-order valence-electron chi connectivity index (χ0n) is 21.5. The average molecular weight is 546 g/mol. The Balaban J connectivity index is 1.32. The van der Waals surface area contributed by atoms with Gasteiger partial charge in [0.05, 0.1) is 18.4 Å². The second-order valence-corrected chi connectivity index (χ2v) is 12.3. The number of hydrogen-bond acceptors (Lipinski definition) is 7. The molecule has 0 saturated carbocycles. The summed E-state index contributed by atoms with van der Waals surface area (Å²) < 4.78 is 5.13. The molecule has 0 saturated heterocycles. The zero-order chi connectivity index (χ0) is 26.2. The van der Waals surface area contributed by atoms with Crippen molar-refractivity contribution in [1.29, 1.82) is 0 Å².